The van der Waals surface area contributed by atoms with Gasteiger partial charge in [0.25, 0.3) is 0 Å². The molecule has 4 aromatic rings. The lowest BCUT2D eigenvalue weighted by Crippen LogP contribution is -2.32. The number of rotatable bonds is 6. The standard InChI is InChI=1S/C24H19FN4O2/c1-28-24(29(16-30)21(31)15-17-5-3-2-4-6-17)22(18-11-13-26-14-12-18)23(27-28)19-7-9-20(25)10-8-19/h2-14,16H,15H2,1H3. The van der Waals surface area contributed by atoms with E-state index >= 15 is 0 Å². The van der Waals surface area contributed by atoms with Crippen LogP contribution in [0.4, 0.5) is 10.2 Å². The van der Waals surface area contributed by atoms with E-state index in [1.165, 1.54) is 16.8 Å². The van der Waals surface area contributed by atoms with E-state index in [1.54, 1.807) is 43.7 Å². The van der Waals surface area contributed by atoms with Gasteiger partial charge in [0, 0.05) is 25.0 Å². The second-order valence-corrected chi connectivity index (χ2v) is 6.95. The summed E-state index contributed by atoms with van der Waals surface area (Å²) in [4.78, 5) is 30.2. The maximum Gasteiger partial charge on any atom is 0.239 e. The number of hydrogen-bond donors (Lipinski definition) is 0. The van der Waals surface area contributed by atoms with Gasteiger partial charge >= 0.3 is 0 Å². The van der Waals surface area contributed by atoms with E-state index in [4.69, 9.17) is 0 Å². The molecule has 6 nitrogen and oxygen atoms in total. The maximum absolute atomic E-state index is 13.5. The van der Waals surface area contributed by atoms with Gasteiger partial charge in [-0.3, -0.25) is 19.3 Å². The molecule has 0 N–H and O–H groups in total. The molecule has 0 unspecified atom stereocenters. The van der Waals surface area contributed by atoms with E-state index in [-0.39, 0.29) is 18.1 Å². The number of aromatic nitrogens is 3. The first-order valence-corrected chi connectivity index (χ1v) is 9.63. The van der Waals surface area contributed by atoms with Gasteiger partial charge in [0.05, 0.1) is 12.0 Å². The van der Waals surface area contributed by atoms with Crippen molar-refractivity contribution in [3.8, 4) is 22.4 Å². The van der Waals surface area contributed by atoms with E-state index < -0.39 is 0 Å². The van der Waals surface area contributed by atoms with Crippen LogP contribution in [0.1, 0.15) is 5.56 Å². The molecule has 0 saturated carbocycles. The minimum absolute atomic E-state index is 0.0619. The van der Waals surface area contributed by atoms with Crippen molar-refractivity contribution >= 4 is 18.1 Å². The zero-order valence-corrected chi connectivity index (χ0v) is 16.8. The van der Waals surface area contributed by atoms with Gasteiger partial charge < -0.3 is 0 Å². The molecule has 4 rings (SSSR count). The molecule has 0 spiro atoms. The van der Waals surface area contributed by atoms with E-state index in [9.17, 15) is 14.0 Å². The Morgan fingerprint density at radius 3 is 2.32 bits per heavy atom. The Morgan fingerprint density at radius 1 is 1.00 bits per heavy atom. The van der Waals surface area contributed by atoms with Gasteiger partial charge in [-0.1, -0.05) is 30.3 Å². The van der Waals surface area contributed by atoms with Crippen LogP contribution in [-0.2, 0) is 23.1 Å². The number of aryl methyl sites for hydroxylation is 1. The van der Waals surface area contributed by atoms with Crippen LogP contribution in [0.2, 0.25) is 0 Å². The summed E-state index contributed by atoms with van der Waals surface area (Å²) in [5, 5.41) is 4.57. The summed E-state index contributed by atoms with van der Waals surface area (Å²) in [7, 11) is 1.67. The first-order valence-electron chi connectivity index (χ1n) is 9.63. The highest BCUT2D eigenvalue weighted by atomic mass is 19.1. The Hall–Kier alpha value is -4.13. The Morgan fingerprint density at radius 2 is 1.68 bits per heavy atom. The number of anilines is 1. The van der Waals surface area contributed by atoms with Crippen LogP contribution >= 0.6 is 0 Å². The minimum Gasteiger partial charge on any atom is -0.278 e. The van der Waals surface area contributed by atoms with Crippen molar-refractivity contribution in [3.63, 3.8) is 0 Å². The molecule has 31 heavy (non-hydrogen) atoms. The highest BCUT2D eigenvalue weighted by Crippen LogP contribution is 2.39. The fourth-order valence-electron chi connectivity index (χ4n) is 3.47. The number of carbonyl (C=O) groups excluding carboxylic acids is 2. The average Bonchev–Trinajstić information content (AvgIpc) is 3.13. The number of nitrogens with zero attached hydrogens (tertiary/aromatic N) is 4. The topological polar surface area (TPSA) is 68.1 Å². The van der Waals surface area contributed by atoms with Gasteiger partial charge in [-0.2, -0.15) is 5.10 Å². The Kier molecular flexibility index (Phi) is 5.66. The molecule has 0 aliphatic heterocycles. The van der Waals surface area contributed by atoms with Crippen LogP contribution in [0.5, 0.6) is 0 Å². The highest BCUT2D eigenvalue weighted by molar-refractivity contribution is 6.11. The Labute approximate surface area is 178 Å². The van der Waals surface area contributed by atoms with Gasteiger partial charge in [-0.05, 0) is 47.5 Å². The van der Waals surface area contributed by atoms with Crippen molar-refractivity contribution in [1.29, 1.82) is 0 Å². The molecule has 0 atom stereocenters. The molecule has 0 bridgehead atoms. The van der Waals surface area contributed by atoms with Crippen molar-refractivity contribution in [1.82, 2.24) is 14.8 Å². The van der Waals surface area contributed by atoms with Gasteiger partial charge in [-0.25, -0.2) is 9.29 Å². The highest BCUT2D eigenvalue weighted by Gasteiger charge is 2.27. The Bertz CT molecular complexity index is 1210. The van der Waals surface area contributed by atoms with Crippen LogP contribution in [0, 0.1) is 5.82 Å². The first kappa shape index (κ1) is 20.2. The van der Waals surface area contributed by atoms with Crippen molar-refractivity contribution < 1.29 is 14.0 Å². The van der Waals surface area contributed by atoms with Crippen LogP contribution in [0.15, 0.2) is 79.1 Å². The smallest absolute Gasteiger partial charge is 0.239 e. The third-order valence-electron chi connectivity index (χ3n) is 4.90. The van der Waals surface area contributed by atoms with Crippen LogP contribution < -0.4 is 4.90 Å². The molecule has 0 aliphatic carbocycles. The van der Waals surface area contributed by atoms with Gasteiger partial charge in [-0.15, -0.1) is 0 Å². The number of hydrogen-bond acceptors (Lipinski definition) is 4. The van der Waals surface area contributed by atoms with Gasteiger partial charge in [0.15, 0.2) is 0 Å². The maximum atomic E-state index is 13.5. The molecule has 0 radical (unpaired) electrons. The minimum atomic E-state index is -0.384. The summed E-state index contributed by atoms with van der Waals surface area (Å²) < 4.78 is 15.0. The Balaban J connectivity index is 1.85. The van der Waals surface area contributed by atoms with Gasteiger partial charge in [0.1, 0.15) is 17.3 Å². The summed E-state index contributed by atoms with van der Waals surface area (Å²) >= 11 is 0. The van der Waals surface area contributed by atoms with Crippen molar-refractivity contribution in [2.24, 2.45) is 7.05 Å². The molecule has 2 aromatic heterocycles. The predicted octanol–water partition coefficient (Wildman–Crippen LogP) is 4.02. The normalized spacial score (nSPS) is 10.6. The van der Waals surface area contributed by atoms with Crippen molar-refractivity contribution in [3.05, 3.63) is 90.5 Å². The molecule has 2 aromatic carbocycles. The summed E-state index contributed by atoms with van der Waals surface area (Å²) in [6, 6.07) is 18.7. The zero-order valence-electron chi connectivity index (χ0n) is 16.8. The molecular weight excluding hydrogens is 395 g/mol. The lowest BCUT2D eigenvalue weighted by Gasteiger charge is -2.18. The molecule has 7 heteroatoms. The molecule has 2 heterocycles. The quantitative estimate of drug-likeness (QED) is 0.447. The second kappa shape index (κ2) is 8.71. The summed E-state index contributed by atoms with van der Waals surface area (Å²) in [6.45, 7) is 0. The molecule has 154 valence electrons. The number of pyridine rings is 1. The first-order chi connectivity index (χ1) is 15.1. The van der Waals surface area contributed by atoms with Crippen molar-refractivity contribution in [2.45, 2.75) is 6.42 Å². The van der Waals surface area contributed by atoms with Crippen LogP contribution in [-0.4, -0.2) is 27.1 Å². The number of halogens is 1. The lowest BCUT2D eigenvalue weighted by atomic mass is 10.0. The van der Waals surface area contributed by atoms with E-state index in [2.05, 4.69) is 10.1 Å². The van der Waals surface area contributed by atoms with E-state index in [0.717, 1.165) is 16.0 Å². The van der Waals surface area contributed by atoms with Crippen LogP contribution in [0.25, 0.3) is 22.4 Å². The summed E-state index contributed by atoms with van der Waals surface area (Å²) in [5.74, 6) is -0.412. The van der Waals surface area contributed by atoms with Gasteiger partial charge in [0.2, 0.25) is 12.3 Å². The lowest BCUT2D eigenvalue weighted by molar-refractivity contribution is -0.121. The summed E-state index contributed by atoms with van der Waals surface area (Å²) in [6.07, 6.45) is 3.81. The number of carbonyl (C=O) groups is 2. The van der Waals surface area contributed by atoms with E-state index in [0.29, 0.717) is 29.0 Å². The molecule has 0 saturated heterocycles. The fraction of sp³-hybridized carbons (Fsp3) is 0.0833. The molecule has 2 amide bonds. The summed E-state index contributed by atoms with van der Waals surface area (Å²) in [5.41, 5.74) is 3.31. The number of amides is 2. The monoisotopic (exact) mass is 414 g/mol. The predicted molar refractivity (Wildman–Crippen MR) is 116 cm³/mol. The third kappa shape index (κ3) is 4.11. The molecule has 0 aliphatic rings. The SMILES string of the molecule is Cn1nc(-c2ccc(F)cc2)c(-c2ccncc2)c1N(C=O)C(=O)Cc1ccccc1. The number of benzene rings is 2. The van der Waals surface area contributed by atoms with E-state index in [1.807, 2.05) is 30.3 Å². The fourth-order valence-corrected chi connectivity index (χ4v) is 3.47. The average molecular weight is 414 g/mol. The molecular formula is C24H19FN4O2. The van der Waals surface area contributed by atoms with Crippen molar-refractivity contribution in [2.75, 3.05) is 4.90 Å². The molecule has 0 fully saturated rings. The third-order valence-corrected chi connectivity index (χ3v) is 4.90. The zero-order chi connectivity index (χ0) is 21.8. The second-order valence-electron chi connectivity index (χ2n) is 6.95. The largest absolute Gasteiger partial charge is 0.278 e. The number of imide groups is 1. The van der Waals surface area contributed by atoms with Crippen LogP contribution in [0.3, 0.4) is 0 Å².